The van der Waals surface area contributed by atoms with Crippen LogP contribution in [0.1, 0.15) is 18.4 Å². The Kier molecular flexibility index (Phi) is 5.83. The molecule has 1 aliphatic rings. The van der Waals surface area contributed by atoms with Gasteiger partial charge in [-0.3, -0.25) is 9.59 Å². The van der Waals surface area contributed by atoms with Crippen molar-refractivity contribution in [2.45, 2.75) is 19.8 Å². The van der Waals surface area contributed by atoms with Crippen LogP contribution in [0, 0.1) is 6.92 Å². The van der Waals surface area contributed by atoms with Crippen molar-refractivity contribution in [1.82, 2.24) is 5.32 Å². The van der Waals surface area contributed by atoms with Crippen LogP contribution in [-0.2, 0) is 19.1 Å². The second kappa shape index (κ2) is 8.05. The lowest BCUT2D eigenvalue weighted by molar-refractivity contribution is -0.134. The number of nitrogens with zero attached hydrogens (tertiary/aromatic N) is 2. The van der Waals surface area contributed by atoms with Crippen LogP contribution < -0.4 is 10.3 Å². The van der Waals surface area contributed by atoms with Gasteiger partial charge >= 0.3 is 5.97 Å². The molecule has 0 bridgehead atoms. The minimum atomic E-state index is -0.490. The van der Waals surface area contributed by atoms with E-state index in [1.165, 1.54) is 24.3 Å². The van der Waals surface area contributed by atoms with E-state index in [0.717, 1.165) is 5.56 Å². The van der Waals surface area contributed by atoms with Crippen molar-refractivity contribution in [3.05, 3.63) is 42.0 Å². The van der Waals surface area contributed by atoms with Gasteiger partial charge in [0, 0.05) is 25.5 Å². The second-order valence-corrected chi connectivity index (χ2v) is 5.22. The van der Waals surface area contributed by atoms with Gasteiger partial charge < -0.3 is 10.1 Å². The fourth-order valence-corrected chi connectivity index (χ4v) is 2.08. The molecule has 0 aliphatic carbocycles. The van der Waals surface area contributed by atoms with Crippen LogP contribution >= 0.6 is 0 Å². The fourth-order valence-electron chi connectivity index (χ4n) is 2.08. The topological polar surface area (TPSA) is 88.1 Å². The average molecular weight is 329 g/mol. The van der Waals surface area contributed by atoms with Crippen LogP contribution in [0.25, 0.3) is 0 Å². The molecule has 1 aromatic rings. The van der Waals surface area contributed by atoms with E-state index in [-0.39, 0.29) is 36.9 Å². The number of anilines is 1. The van der Waals surface area contributed by atoms with Gasteiger partial charge in [0.25, 0.3) is 5.91 Å². The lowest BCUT2D eigenvalue weighted by Crippen LogP contribution is -2.39. The minimum Gasteiger partial charge on any atom is -0.466 e. The number of nitrogens with one attached hydrogen (secondary N) is 1. The predicted molar refractivity (Wildman–Crippen MR) is 89.5 cm³/mol. The summed E-state index contributed by atoms with van der Waals surface area (Å²) >= 11 is 0. The molecule has 0 saturated heterocycles. The van der Waals surface area contributed by atoms with Gasteiger partial charge in [-0.05, 0) is 19.1 Å². The number of benzene rings is 1. The number of amides is 2. The molecule has 2 amide bonds. The van der Waals surface area contributed by atoms with Crippen LogP contribution in [0.15, 0.2) is 41.5 Å². The van der Waals surface area contributed by atoms with Gasteiger partial charge in [0.15, 0.2) is 0 Å². The summed E-state index contributed by atoms with van der Waals surface area (Å²) in [5.74, 6) is -1.01. The zero-order valence-electron chi connectivity index (χ0n) is 13.6. The summed E-state index contributed by atoms with van der Waals surface area (Å²) in [5.41, 5.74) is 1.98. The maximum Gasteiger partial charge on any atom is 0.330 e. The van der Waals surface area contributed by atoms with E-state index in [9.17, 15) is 14.4 Å². The van der Waals surface area contributed by atoms with E-state index in [2.05, 4.69) is 15.2 Å². The van der Waals surface area contributed by atoms with E-state index in [1.807, 2.05) is 19.1 Å². The van der Waals surface area contributed by atoms with Gasteiger partial charge in [-0.15, -0.1) is 0 Å². The summed E-state index contributed by atoms with van der Waals surface area (Å²) in [6.07, 6.45) is 3.22. The number of carbonyl (C=O) groups is 3. The Morgan fingerprint density at radius 1 is 1.29 bits per heavy atom. The molecule has 0 atom stereocenters. The van der Waals surface area contributed by atoms with Crippen molar-refractivity contribution in [3.63, 3.8) is 0 Å². The summed E-state index contributed by atoms with van der Waals surface area (Å²) < 4.78 is 4.45. The minimum absolute atomic E-state index is 0.152. The molecular formula is C17H19N3O4. The molecule has 0 fully saturated rings. The highest BCUT2D eigenvalue weighted by Crippen LogP contribution is 2.20. The number of esters is 1. The van der Waals surface area contributed by atoms with Crippen LogP contribution in [0.5, 0.6) is 0 Å². The predicted octanol–water partition coefficient (Wildman–Crippen LogP) is 1.32. The fraction of sp³-hybridized carbons (Fsp3) is 0.294. The monoisotopic (exact) mass is 329 g/mol. The third-order valence-electron chi connectivity index (χ3n) is 3.41. The van der Waals surface area contributed by atoms with Gasteiger partial charge in [-0.25, -0.2) is 9.80 Å². The Labute approximate surface area is 140 Å². The van der Waals surface area contributed by atoms with Crippen molar-refractivity contribution < 1.29 is 19.1 Å². The molecule has 0 saturated carbocycles. The molecule has 24 heavy (non-hydrogen) atoms. The number of ether oxygens (including phenoxy) is 1. The smallest absolute Gasteiger partial charge is 0.330 e. The first kappa shape index (κ1) is 17.4. The first-order valence-electron chi connectivity index (χ1n) is 7.51. The molecule has 126 valence electrons. The molecule has 7 nitrogen and oxygen atoms in total. The first-order chi connectivity index (χ1) is 11.5. The van der Waals surface area contributed by atoms with Crippen LogP contribution in [0.2, 0.25) is 0 Å². The highest BCUT2D eigenvalue weighted by atomic mass is 16.5. The number of methoxy groups -OCH3 is 1. The van der Waals surface area contributed by atoms with E-state index in [1.54, 1.807) is 12.1 Å². The molecular weight excluding hydrogens is 310 g/mol. The zero-order chi connectivity index (χ0) is 17.5. The number of hydrogen-bond acceptors (Lipinski definition) is 5. The van der Waals surface area contributed by atoms with Gasteiger partial charge in [-0.2, -0.15) is 5.10 Å². The van der Waals surface area contributed by atoms with Crippen molar-refractivity contribution in [3.8, 4) is 0 Å². The molecule has 7 heteroatoms. The van der Waals surface area contributed by atoms with Crippen molar-refractivity contribution in [2.75, 3.05) is 18.7 Å². The van der Waals surface area contributed by atoms with Crippen LogP contribution in [0.3, 0.4) is 0 Å². The largest absolute Gasteiger partial charge is 0.466 e. The van der Waals surface area contributed by atoms with Crippen molar-refractivity contribution in [2.24, 2.45) is 5.10 Å². The SMILES string of the molecule is COC(=O)/C=C/CNC(=O)C1=NN(c2ccc(C)cc2)C(=O)CC1. The van der Waals surface area contributed by atoms with Gasteiger partial charge in [0.2, 0.25) is 5.91 Å². The molecule has 1 heterocycles. The Morgan fingerprint density at radius 3 is 2.67 bits per heavy atom. The number of hydrazone groups is 1. The number of aryl methyl sites for hydroxylation is 1. The van der Waals surface area contributed by atoms with E-state index >= 15 is 0 Å². The molecule has 2 rings (SSSR count). The summed E-state index contributed by atoms with van der Waals surface area (Å²) in [6, 6.07) is 7.33. The second-order valence-electron chi connectivity index (χ2n) is 5.22. The molecule has 0 unspecified atom stereocenters. The quantitative estimate of drug-likeness (QED) is 0.652. The van der Waals surface area contributed by atoms with Crippen molar-refractivity contribution in [1.29, 1.82) is 0 Å². The van der Waals surface area contributed by atoms with Crippen molar-refractivity contribution >= 4 is 29.2 Å². The molecule has 1 aromatic carbocycles. The Balaban J connectivity index is 2.04. The third-order valence-corrected chi connectivity index (χ3v) is 3.41. The molecule has 0 aromatic heterocycles. The number of carbonyl (C=O) groups excluding carboxylic acids is 3. The molecule has 0 radical (unpaired) electrons. The first-order valence-corrected chi connectivity index (χ1v) is 7.51. The van der Waals surface area contributed by atoms with Gasteiger partial charge in [-0.1, -0.05) is 23.8 Å². The Hall–Kier alpha value is -2.96. The summed E-state index contributed by atoms with van der Waals surface area (Å²) in [6.45, 7) is 2.12. The standard InChI is InChI=1S/C17H19N3O4/c1-12-5-7-13(8-6-12)20-15(21)10-9-14(19-20)17(23)18-11-3-4-16(22)24-2/h3-8H,9-11H2,1-2H3,(H,18,23)/b4-3+. The number of rotatable bonds is 5. The van der Waals surface area contributed by atoms with Gasteiger partial charge in [0.05, 0.1) is 12.8 Å². The average Bonchev–Trinajstić information content (AvgIpc) is 2.59. The van der Waals surface area contributed by atoms with Crippen LogP contribution in [0.4, 0.5) is 5.69 Å². The zero-order valence-corrected chi connectivity index (χ0v) is 13.6. The third kappa shape index (κ3) is 4.52. The van der Waals surface area contributed by atoms with E-state index < -0.39 is 5.97 Å². The summed E-state index contributed by atoms with van der Waals surface area (Å²) in [7, 11) is 1.28. The summed E-state index contributed by atoms with van der Waals surface area (Å²) in [4.78, 5) is 35.1. The lowest BCUT2D eigenvalue weighted by Gasteiger charge is -2.23. The molecule has 1 N–H and O–H groups in total. The summed E-state index contributed by atoms with van der Waals surface area (Å²) in [5, 5.41) is 8.04. The molecule has 1 aliphatic heterocycles. The lowest BCUT2D eigenvalue weighted by atomic mass is 10.1. The highest BCUT2D eigenvalue weighted by molar-refractivity contribution is 6.40. The van der Waals surface area contributed by atoms with Gasteiger partial charge in [0.1, 0.15) is 5.71 Å². The van der Waals surface area contributed by atoms with E-state index in [0.29, 0.717) is 5.69 Å². The number of hydrogen-bond donors (Lipinski definition) is 1. The Bertz CT molecular complexity index is 692. The maximum atomic E-state index is 12.1. The van der Waals surface area contributed by atoms with E-state index in [4.69, 9.17) is 0 Å². The van der Waals surface area contributed by atoms with Crippen LogP contribution in [-0.4, -0.2) is 37.1 Å². The molecule has 0 spiro atoms. The maximum absolute atomic E-state index is 12.1. The Morgan fingerprint density at radius 2 is 2.00 bits per heavy atom. The normalized spacial score (nSPS) is 14.5. The highest BCUT2D eigenvalue weighted by Gasteiger charge is 2.25.